The molecule has 2 aliphatic rings. The summed E-state index contributed by atoms with van der Waals surface area (Å²) in [5.74, 6) is -1.08. The highest BCUT2D eigenvalue weighted by Crippen LogP contribution is 2.44. The summed E-state index contributed by atoms with van der Waals surface area (Å²) in [6.45, 7) is 1.52. The highest BCUT2D eigenvalue weighted by molar-refractivity contribution is 7.80. The smallest absolute Gasteiger partial charge is 0.418 e. The summed E-state index contributed by atoms with van der Waals surface area (Å²) in [5, 5.41) is 0.460. The van der Waals surface area contributed by atoms with Gasteiger partial charge in [-0.25, -0.2) is 4.79 Å². The van der Waals surface area contributed by atoms with Gasteiger partial charge in [-0.3, -0.25) is 25.0 Å². The molecule has 1 aromatic heterocycles. The third-order valence-electron chi connectivity index (χ3n) is 3.80. The van der Waals surface area contributed by atoms with Gasteiger partial charge in [0.1, 0.15) is 11.8 Å². The molecule has 1 aromatic rings. The van der Waals surface area contributed by atoms with Gasteiger partial charge in [0.2, 0.25) is 5.91 Å². The Bertz CT molecular complexity index is 834. The lowest BCUT2D eigenvalue weighted by Gasteiger charge is -2.28. The summed E-state index contributed by atoms with van der Waals surface area (Å²) in [6.07, 6.45) is 1.41. The van der Waals surface area contributed by atoms with E-state index in [-0.39, 0.29) is 18.7 Å². The molecule has 3 heterocycles. The molecule has 0 saturated carbocycles. The Balaban J connectivity index is 1.90. The minimum Gasteiger partial charge on any atom is -0.466 e. The predicted octanol–water partition coefficient (Wildman–Crippen LogP) is -0.595. The van der Waals surface area contributed by atoms with Gasteiger partial charge in [-0.2, -0.15) is 13.5 Å². The van der Waals surface area contributed by atoms with Crippen molar-refractivity contribution < 1.29 is 36.1 Å². The molecule has 2 aliphatic heterocycles. The van der Waals surface area contributed by atoms with E-state index in [0.717, 1.165) is 4.90 Å². The summed E-state index contributed by atoms with van der Waals surface area (Å²) >= 11 is 0. The molecule has 1 fully saturated rings. The van der Waals surface area contributed by atoms with Gasteiger partial charge in [0.25, 0.3) is 5.91 Å². The van der Waals surface area contributed by atoms with E-state index in [9.17, 15) is 22.8 Å². The molecule has 136 valence electrons. The SMILES string of the molecule is CCC(=O)NNC(=O)[C@@H]1c2occc2[C@@H]2CN1C(=O)N2OS(=O)(=O)O. The summed E-state index contributed by atoms with van der Waals surface area (Å²) in [6, 6.07) is -1.60. The van der Waals surface area contributed by atoms with Gasteiger partial charge in [0.05, 0.1) is 12.8 Å². The summed E-state index contributed by atoms with van der Waals surface area (Å²) < 4.78 is 40.4. The second-order valence-corrected chi connectivity index (χ2v) is 6.32. The molecular formula is C12H14N4O8S. The van der Waals surface area contributed by atoms with Crippen molar-refractivity contribution >= 4 is 28.2 Å². The Morgan fingerprint density at radius 3 is 2.80 bits per heavy atom. The van der Waals surface area contributed by atoms with Crippen LogP contribution in [0.25, 0.3) is 0 Å². The first-order valence-corrected chi connectivity index (χ1v) is 8.52. The molecule has 13 heteroatoms. The van der Waals surface area contributed by atoms with Crippen LogP contribution in [0.1, 0.15) is 36.8 Å². The minimum atomic E-state index is -4.94. The molecule has 0 unspecified atom stereocenters. The molecule has 0 aliphatic carbocycles. The maximum Gasteiger partial charge on any atom is 0.418 e. The van der Waals surface area contributed by atoms with Gasteiger partial charge in [-0.15, -0.1) is 4.28 Å². The number of urea groups is 1. The zero-order chi connectivity index (χ0) is 18.4. The molecule has 0 aromatic carbocycles. The number of carbonyl (C=O) groups is 3. The van der Waals surface area contributed by atoms with Gasteiger partial charge in [-0.05, 0) is 6.07 Å². The Morgan fingerprint density at radius 1 is 1.44 bits per heavy atom. The maximum absolute atomic E-state index is 12.4. The molecule has 1 saturated heterocycles. The van der Waals surface area contributed by atoms with Crippen LogP contribution >= 0.6 is 0 Å². The normalized spacial score (nSPS) is 21.9. The molecule has 3 rings (SSSR count). The monoisotopic (exact) mass is 374 g/mol. The average molecular weight is 374 g/mol. The number of nitrogens with zero attached hydrogens (tertiary/aromatic N) is 2. The third-order valence-corrected chi connectivity index (χ3v) is 4.15. The van der Waals surface area contributed by atoms with Crippen molar-refractivity contribution in [2.75, 3.05) is 6.54 Å². The van der Waals surface area contributed by atoms with Crippen LogP contribution in [0.4, 0.5) is 4.79 Å². The lowest BCUT2D eigenvalue weighted by Crippen LogP contribution is -2.49. The van der Waals surface area contributed by atoms with E-state index < -0.39 is 40.3 Å². The Labute approximate surface area is 141 Å². The number of hydroxylamine groups is 2. The topological polar surface area (TPSA) is 158 Å². The van der Waals surface area contributed by atoms with Crippen molar-refractivity contribution in [2.24, 2.45) is 0 Å². The van der Waals surface area contributed by atoms with E-state index in [0.29, 0.717) is 10.6 Å². The first kappa shape index (κ1) is 17.2. The largest absolute Gasteiger partial charge is 0.466 e. The van der Waals surface area contributed by atoms with E-state index in [4.69, 9.17) is 8.97 Å². The Hall–Kier alpha value is -2.64. The van der Waals surface area contributed by atoms with Gasteiger partial charge in [0, 0.05) is 12.0 Å². The number of rotatable bonds is 4. The number of amides is 4. The molecule has 3 N–H and O–H groups in total. The van der Waals surface area contributed by atoms with Crippen LogP contribution in [0.2, 0.25) is 0 Å². The zero-order valence-corrected chi connectivity index (χ0v) is 13.6. The molecule has 25 heavy (non-hydrogen) atoms. The second kappa shape index (κ2) is 6.02. The van der Waals surface area contributed by atoms with Crippen molar-refractivity contribution in [3.63, 3.8) is 0 Å². The van der Waals surface area contributed by atoms with Crippen molar-refractivity contribution in [3.8, 4) is 0 Å². The lowest BCUT2D eigenvalue weighted by atomic mass is 9.98. The van der Waals surface area contributed by atoms with Crippen molar-refractivity contribution in [2.45, 2.75) is 25.4 Å². The zero-order valence-electron chi connectivity index (χ0n) is 12.8. The fraction of sp³-hybridized carbons (Fsp3) is 0.417. The quantitative estimate of drug-likeness (QED) is 0.466. The van der Waals surface area contributed by atoms with Gasteiger partial charge < -0.3 is 9.32 Å². The minimum absolute atomic E-state index is 0.0688. The van der Waals surface area contributed by atoms with Crippen LogP contribution in [0.15, 0.2) is 16.7 Å². The number of hydrogen-bond acceptors (Lipinski definition) is 7. The number of carbonyl (C=O) groups excluding carboxylic acids is 3. The molecule has 2 bridgehead atoms. The van der Waals surface area contributed by atoms with Gasteiger partial charge in [0.15, 0.2) is 6.04 Å². The number of fused-ring (bicyclic) bond motifs is 4. The number of hydrazine groups is 1. The summed E-state index contributed by atoms with van der Waals surface area (Å²) in [5.41, 5.74) is 4.71. The standard InChI is InChI=1S/C12H14N4O8S/c1-2-8(17)13-14-11(18)9-10-6(3-4-23-10)7-5-15(9)12(19)16(7)24-25(20,21)22/h3-4,7,9H,2,5H2,1H3,(H,13,17)(H,14,18)(H,20,21,22)/t7-,9-/m0/s1. The first-order valence-electron chi connectivity index (χ1n) is 7.15. The Kier molecular flexibility index (Phi) is 4.14. The van der Waals surface area contributed by atoms with Crippen molar-refractivity contribution in [1.29, 1.82) is 0 Å². The molecule has 2 atom stereocenters. The maximum atomic E-state index is 12.4. The molecule has 4 amide bonds. The van der Waals surface area contributed by atoms with Crippen LogP contribution in [-0.2, 0) is 24.3 Å². The van der Waals surface area contributed by atoms with E-state index in [1.165, 1.54) is 12.3 Å². The van der Waals surface area contributed by atoms with E-state index >= 15 is 0 Å². The van der Waals surface area contributed by atoms with E-state index in [1.54, 1.807) is 6.92 Å². The fourth-order valence-electron chi connectivity index (χ4n) is 2.74. The van der Waals surface area contributed by atoms with Crippen LogP contribution in [-0.4, -0.2) is 47.3 Å². The third kappa shape index (κ3) is 3.04. The first-order chi connectivity index (χ1) is 11.7. The van der Waals surface area contributed by atoms with Gasteiger partial charge >= 0.3 is 16.4 Å². The van der Waals surface area contributed by atoms with Crippen LogP contribution < -0.4 is 10.9 Å². The van der Waals surface area contributed by atoms with E-state index in [2.05, 4.69) is 15.1 Å². The predicted molar refractivity (Wildman–Crippen MR) is 77.3 cm³/mol. The van der Waals surface area contributed by atoms with Crippen molar-refractivity contribution in [1.82, 2.24) is 20.8 Å². The number of furan rings is 1. The van der Waals surface area contributed by atoms with Gasteiger partial charge in [-0.1, -0.05) is 6.92 Å². The fourth-order valence-corrected chi connectivity index (χ4v) is 3.11. The molecule has 0 spiro atoms. The van der Waals surface area contributed by atoms with E-state index in [1.807, 2.05) is 0 Å². The highest BCUT2D eigenvalue weighted by Gasteiger charge is 2.53. The Morgan fingerprint density at radius 2 is 2.16 bits per heavy atom. The van der Waals surface area contributed by atoms with Crippen molar-refractivity contribution in [3.05, 3.63) is 23.7 Å². The van der Waals surface area contributed by atoms with Crippen LogP contribution in [0.5, 0.6) is 0 Å². The summed E-state index contributed by atoms with van der Waals surface area (Å²) in [7, 11) is -4.94. The second-order valence-electron chi connectivity index (χ2n) is 5.31. The lowest BCUT2D eigenvalue weighted by molar-refractivity contribution is -0.132. The highest BCUT2D eigenvalue weighted by atomic mass is 32.3. The number of nitrogens with one attached hydrogen (secondary N) is 2. The average Bonchev–Trinajstić information content (AvgIpc) is 3.12. The van der Waals surface area contributed by atoms with Crippen LogP contribution in [0, 0.1) is 0 Å². The molecule has 0 radical (unpaired) electrons. The molecular weight excluding hydrogens is 360 g/mol. The molecule has 12 nitrogen and oxygen atoms in total. The summed E-state index contributed by atoms with van der Waals surface area (Å²) in [4.78, 5) is 37.1. The van der Waals surface area contributed by atoms with Crippen LogP contribution in [0.3, 0.4) is 0 Å². The number of hydrogen-bond donors (Lipinski definition) is 3.